The van der Waals surface area contributed by atoms with E-state index in [0.29, 0.717) is 43.2 Å². The van der Waals surface area contributed by atoms with Gasteiger partial charge in [-0.15, -0.1) is 0 Å². The lowest BCUT2D eigenvalue weighted by Gasteiger charge is -2.25. The molecule has 0 N–H and O–H groups in total. The molecule has 232 valence electrons. The molecule has 0 amide bonds. The van der Waals surface area contributed by atoms with Gasteiger partial charge in [0.05, 0.1) is 39.1 Å². The fourth-order valence-corrected chi connectivity index (χ4v) is 7.05. The Balaban J connectivity index is 1.49. The summed E-state index contributed by atoms with van der Waals surface area (Å²) in [6.45, 7) is 1.96. The van der Waals surface area contributed by atoms with Crippen LogP contribution < -0.4 is 24.4 Å². The minimum Gasteiger partial charge on any atom is -0.493 e. The Morgan fingerprint density at radius 1 is 1.02 bits per heavy atom. The third kappa shape index (κ3) is 6.27. The van der Waals surface area contributed by atoms with Crippen LogP contribution >= 0.6 is 33.9 Å². The maximum absolute atomic E-state index is 14.2. The van der Waals surface area contributed by atoms with Gasteiger partial charge in [-0.25, -0.2) is 14.2 Å². The summed E-state index contributed by atoms with van der Waals surface area (Å²) < 4.78 is 34.1. The zero-order chi connectivity index (χ0) is 32.2. The van der Waals surface area contributed by atoms with Crippen LogP contribution in [0.25, 0.3) is 11.8 Å². The molecule has 7 nitrogen and oxygen atoms in total. The molecule has 1 aliphatic heterocycles. The second kappa shape index (κ2) is 13.8. The number of ether oxygens (including phenoxy) is 3. The first-order chi connectivity index (χ1) is 22.4. The quantitative estimate of drug-likeness (QED) is 0.131. The van der Waals surface area contributed by atoms with Gasteiger partial charge in [-0.05, 0) is 64.9 Å². The zero-order valence-corrected chi connectivity index (χ0v) is 27.9. The summed E-state index contributed by atoms with van der Waals surface area (Å²) in [6, 6.07) is 28.2. The largest absolute Gasteiger partial charge is 0.493 e. The first-order valence-electron chi connectivity index (χ1n) is 14.5. The van der Waals surface area contributed by atoms with E-state index in [4.69, 9.17) is 19.2 Å². The van der Waals surface area contributed by atoms with E-state index in [1.807, 2.05) is 66.7 Å². The SMILES string of the molecule is CCOC(=O)C1=C(c2ccccc2)N=c2s/c(=C\c3cc(I)c(OCc4ccccc4F)c(OC)c3)c(=O)n2[C@H]1c1ccccc1. The van der Waals surface area contributed by atoms with Crippen molar-refractivity contribution in [3.05, 3.63) is 154 Å². The van der Waals surface area contributed by atoms with E-state index in [-0.39, 0.29) is 24.6 Å². The minimum absolute atomic E-state index is 0.0308. The lowest BCUT2D eigenvalue weighted by molar-refractivity contribution is -0.138. The summed E-state index contributed by atoms with van der Waals surface area (Å²) in [5.41, 5.74) is 3.10. The Kier molecular flexibility index (Phi) is 9.46. The monoisotopic (exact) mass is 746 g/mol. The Hall–Kier alpha value is -4.55. The van der Waals surface area contributed by atoms with E-state index in [1.54, 1.807) is 41.8 Å². The molecule has 0 aliphatic carbocycles. The number of esters is 1. The van der Waals surface area contributed by atoms with Crippen LogP contribution in [0.2, 0.25) is 0 Å². The average Bonchev–Trinajstić information content (AvgIpc) is 3.38. The van der Waals surface area contributed by atoms with Crippen LogP contribution in [0.5, 0.6) is 11.5 Å². The van der Waals surface area contributed by atoms with E-state index in [9.17, 15) is 14.0 Å². The van der Waals surface area contributed by atoms with Gasteiger partial charge < -0.3 is 14.2 Å². The molecule has 1 aliphatic rings. The van der Waals surface area contributed by atoms with Crippen LogP contribution in [0.3, 0.4) is 0 Å². The van der Waals surface area contributed by atoms with Crippen LogP contribution in [0, 0.1) is 9.39 Å². The fourth-order valence-electron chi connectivity index (χ4n) is 5.27. The number of hydrogen-bond donors (Lipinski definition) is 0. The first kappa shape index (κ1) is 31.4. The molecule has 0 saturated heterocycles. The third-order valence-electron chi connectivity index (χ3n) is 7.37. The van der Waals surface area contributed by atoms with Crippen LogP contribution in [0.4, 0.5) is 4.39 Å². The van der Waals surface area contributed by atoms with Crippen molar-refractivity contribution in [2.45, 2.75) is 19.6 Å². The van der Waals surface area contributed by atoms with E-state index in [2.05, 4.69) is 22.6 Å². The molecule has 0 saturated carbocycles. The summed E-state index contributed by atoms with van der Waals surface area (Å²) in [6.07, 6.45) is 1.77. The van der Waals surface area contributed by atoms with E-state index in [1.165, 1.54) is 24.5 Å². The summed E-state index contributed by atoms with van der Waals surface area (Å²) in [4.78, 5) is 33.1. The number of nitrogens with zero attached hydrogens (tertiary/aromatic N) is 2. The van der Waals surface area contributed by atoms with Gasteiger partial charge in [0.25, 0.3) is 5.56 Å². The number of hydrogen-bond acceptors (Lipinski definition) is 7. The van der Waals surface area contributed by atoms with Crippen LogP contribution in [-0.2, 0) is 16.1 Å². The molecule has 0 radical (unpaired) electrons. The Labute approximate surface area is 282 Å². The highest BCUT2D eigenvalue weighted by Gasteiger charge is 2.35. The average molecular weight is 747 g/mol. The summed E-state index contributed by atoms with van der Waals surface area (Å²) >= 11 is 3.38. The molecule has 0 bridgehead atoms. The summed E-state index contributed by atoms with van der Waals surface area (Å²) in [5.74, 6) is 0.0401. The van der Waals surface area contributed by atoms with Crippen LogP contribution in [-0.4, -0.2) is 24.3 Å². The molecule has 0 unspecified atom stereocenters. The van der Waals surface area contributed by atoms with Gasteiger partial charge in [-0.3, -0.25) is 9.36 Å². The normalized spacial score (nSPS) is 14.4. The molecule has 1 atom stereocenters. The van der Waals surface area contributed by atoms with Crippen molar-refractivity contribution in [1.29, 1.82) is 0 Å². The molecule has 46 heavy (non-hydrogen) atoms. The van der Waals surface area contributed by atoms with E-state index >= 15 is 0 Å². The molecular formula is C36H28FIN2O5S. The van der Waals surface area contributed by atoms with Gasteiger partial charge in [0.15, 0.2) is 16.3 Å². The van der Waals surface area contributed by atoms with Gasteiger partial charge >= 0.3 is 5.97 Å². The van der Waals surface area contributed by atoms with Crippen molar-refractivity contribution >= 4 is 51.7 Å². The summed E-state index contributed by atoms with van der Waals surface area (Å²) in [7, 11) is 1.53. The van der Waals surface area contributed by atoms with Gasteiger partial charge in [0.1, 0.15) is 12.4 Å². The lowest BCUT2D eigenvalue weighted by atomic mass is 9.93. The lowest BCUT2D eigenvalue weighted by Crippen LogP contribution is -2.40. The highest BCUT2D eigenvalue weighted by atomic mass is 127. The predicted molar refractivity (Wildman–Crippen MR) is 184 cm³/mol. The molecule has 2 heterocycles. The smallest absolute Gasteiger partial charge is 0.338 e. The Bertz CT molecular complexity index is 2130. The fraction of sp³-hybridized carbons (Fsp3) is 0.139. The number of aromatic nitrogens is 1. The number of benzene rings is 4. The standard InChI is InChI=1S/C36H28FIN2O5S/c1-3-44-35(42)30-31(23-12-6-4-7-13-23)39-36-40(32(30)24-14-8-5-9-15-24)34(41)29(46-36)20-22-18-27(38)33(28(19-22)43-2)45-21-25-16-10-11-17-26(25)37/h4-20,32H,3,21H2,1-2H3/b29-20-/t32-/m0/s1. The van der Waals surface area contributed by atoms with Crippen molar-refractivity contribution in [2.24, 2.45) is 4.99 Å². The predicted octanol–water partition coefficient (Wildman–Crippen LogP) is 6.27. The Morgan fingerprint density at radius 2 is 1.72 bits per heavy atom. The third-order valence-corrected chi connectivity index (χ3v) is 9.15. The minimum atomic E-state index is -0.752. The van der Waals surface area contributed by atoms with Crippen LogP contribution in [0.1, 0.15) is 35.2 Å². The number of fused-ring (bicyclic) bond motifs is 1. The number of halogens is 2. The molecule has 6 rings (SSSR count). The molecule has 0 fully saturated rings. The van der Waals surface area contributed by atoms with Crippen LogP contribution in [0.15, 0.2) is 112 Å². The number of thiazole rings is 1. The molecule has 5 aromatic rings. The second-order valence-corrected chi connectivity index (χ2v) is 12.4. The van der Waals surface area contributed by atoms with Crippen molar-refractivity contribution in [1.82, 2.24) is 4.57 Å². The second-order valence-electron chi connectivity index (χ2n) is 10.3. The van der Waals surface area contributed by atoms with Crippen molar-refractivity contribution < 1.29 is 23.4 Å². The number of rotatable bonds is 9. The van der Waals surface area contributed by atoms with Gasteiger partial charge in [-0.2, -0.15) is 0 Å². The maximum Gasteiger partial charge on any atom is 0.338 e. The molecule has 0 spiro atoms. The van der Waals surface area contributed by atoms with Gasteiger partial charge in [0.2, 0.25) is 0 Å². The highest BCUT2D eigenvalue weighted by molar-refractivity contribution is 14.1. The Morgan fingerprint density at radius 3 is 2.41 bits per heavy atom. The topological polar surface area (TPSA) is 79.1 Å². The number of methoxy groups -OCH3 is 1. The number of carbonyl (C=O) groups excluding carboxylic acids is 1. The van der Waals surface area contributed by atoms with Gasteiger partial charge in [0, 0.05) is 11.1 Å². The first-order valence-corrected chi connectivity index (χ1v) is 16.4. The van der Waals surface area contributed by atoms with E-state index in [0.717, 1.165) is 14.7 Å². The van der Waals surface area contributed by atoms with Crippen molar-refractivity contribution in [3.63, 3.8) is 0 Å². The van der Waals surface area contributed by atoms with E-state index < -0.39 is 12.0 Å². The number of carbonyl (C=O) groups is 1. The van der Waals surface area contributed by atoms with Crippen molar-refractivity contribution in [3.8, 4) is 11.5 Å². The molecule has 1 aromatic heterocycles. The molecular weight excluding hydrogens is 718 g/mol. The zero-order valence-electron chi connectivity index (χ0n) is 24.9. The molecule has 10 heteroatoms. The maximum atomic E-state index is 14.2. The molecule has 4 aromatic carbocycles. The summed E-state index contributed by atoms with van der Waals surface area (Å²) in [5, 5.41) is 0. The van der Waals surface area contributed by atoms with Crippen molar-refractivity contribution in [2.75, 3.05) is 13.7 Å². The van der Waals surface area contributed by atoms with Gasteiger partial charge in [-0.1, -0.05) is 90.2 Å². The highest BCUT2D eigenvalue weighted by Crippen LogP contribution is 2.36.